The van der Waals surface area contributed by atoms with Gasteiger partial charge >= 0.3 is 5.97 Å². The number of aromatic nitrogens is 1. The summed E-state index contributed by atoms with van der Waals surface area (Å²) in [4.78, 5) is 15.8. The largest absolute Gasteiger partial charge is 0.465 e. The van der Waals surface area contributed by atoms with Crippen LogP contribution in [-0.4, -0.2) is 18.1 Å². The number of hydrogen-bond donors (Lipinski definition) is 2. The van der Waals surface area contributed by atoms with Gasteiger partial charge in [-0.25, -0.2) is 4.79 Å². The van der Waals surface area contributed by atoms with E-state index in [4.69, 9.17) is 10.5 Å². The van der Waals surface area contributed by atoms with Crippen molar-refractivity contribution in [1.29, 1.82) is 0 Å². The van der Waals surface area contributed by atoms with Crippen molar-refractivity contribution < 1.29 is 9.53 Å². The highest BCUT2D eigenvalue weighted by molar-refractivity contribution is 5.96. The van der Waals surface area contributed by atoms with E-state index in [0.29, 0.717) is 23.5 Å². The summed E-state index contributed by atoms with van der Waals surface area (Å²) in [6.07, 6.45) is 3.55. The number of nitrogens with zero attached hydrogens (tertiary/aromatic N) is 1. The first-order chi connectivity index (χ1) is 9.61. The highest BCUT2D eigenvalue weighted by Crippen LogP contribution is 2.21. The molecule has 20 heavy (non-hydrogen) atoms. The predicted octanol–water partition coefficient (Wildman–Crippen LogP) is 2.37. The zero-order valence-electron chi connectivity index (χ0n) is 11.5. The van der Waals surface area contributed by atoms with Gasteiger partial charge in [-0.1, -0.05) is 0 Å². The molecule has 1 heterocycles. The Morgan fingerprint density at radius 3 is 2.90 bits per heavy atom. The van der Waals surface area contributed by atoms with Gasteiger partial charge in [0.1, 0.15) is 0 Å². The number of benzene rings is 1. The summed E-state index contributed by atoms with van der Waals surface area (Å²) in [6, 6.07) is 7.07. The topological polar surface area (TPSA) is 77.2 Å². The monoisotopic (exact) mass is 271 g/mol. The normalized spacial score (nSPS) is 10.1. The minimum Gasteiger partial charge on any atom is -0.465 e. The van der Waals surface area contributed by atoms with E-state index in [2.05, 4.69) is 10.3 Å². The molecule has 0 saturated heterocycles. The van der Waals surface area contributed by atoms with Crippen LogP contribution in [0.3, 0.4) is 0 Å². The lowest BCUT2D eigenvalue weighted by molar-refractivity contribution is 0.0602. The Kier molecular flexibility index (Phi) is 4.20. The summed E-state index contributed by atoms with van der Waals surface area (Å²) in [5.41, 5.74) is 9.57. The number of anilines is 2. The van der Waals surface area contributed by atoms with E-state index < -0.39 is 5.97 Å². The molecular weight excluding hydrogens is 254 g/mol. The van der Waals surface area contributed by atoms with Crippen LogP contribution >= 0.6 is 0 Å². The average molecular weight is 271 g/mol. The minimum absolute atomic E-state index is 0.411. The number of esters is 1. The van der Waals surface area contributed by atoms with Gasteiger partial charge in [0, 0.05) is 30.3 Å². The molecule has 2 rings (SSSR count). The number of pyridine rings is 1. The maximum absolute atomic E-state index is 11.7. The molecule has 0 aliphatic rings. The summed E-state index contributed by atoms with van der Waals surface area (Å²) in [5.74, 6) is -0.411. The molecule has 0 aliphatic heterocycles. The van der Waals surface area contributed by atoms with Crippen LogP contribution in [0.4, 0.5) is 11.4 Å². The second-order valence-corrected chi connectivity index (χ2v) is 4.45. The second kappa shape index (κ2) is 6.06. The van der Waals surface area contributed by atoms with Gasteiger partial charge in [0.05, 0.1) is 12.7 Å². The molecule has 5 nitrogen and oxygen atoms in total. The maximum atomic E-state index is 11.7. The Balaban J connectivity index is 2.21. The van der Waals surface area contributed by atoms with E-state index in [-0.39, 0.29) is 0 Å². The summed E-state index contributed by atoms with van der Waals surface area (Å²) in [7, 11) is 1.35. The zero-order valence-corrected chi connectivity index (χ0v) is 11.5. The van der Waals surface area contributed by atoms with Gasteiger partial charge in [-0.15, -0.1) is 0 Å². The molecule has 2 aromatic rings. The number of hydrogen-bond acceptors (Lipinski definition) is 5. The van der Waals surface area contributed by atoms with Crippen molar-refractivity contribution in [3.8, 4) is 0 Å². The predicted molar refractivity (Wildman–Crippen MR) is 78.5 cm³/mol. The standard InChI is InChI=1S/C15H17N3O2/c1-10-8-17-6-5-11(10)9-18-14-4-3-12(16)7-13(14)15(19)20-2/h3-8,18H,9,16H2,1-2H3. The molecule has 0 spiro atoms. The van der Waals surface area contributed by atoms with Crippen LogP contribution in [0.5, 0.6) is 0 Å². The van der Waals surface area contributed by atoms with Gasteiger partial charge in [-0.3, -0.25) is 4.98 Å². The first-order valence-corrected chi connectivity index (χ1v) is 6.23. The van der Waals surface area contributed by atoms with Gasteiger partial charge in [0.25, 0.3) is 0 Å². The number of ether oxygens (including phenoxy) is 1. The van der Waals surface area contributed by atoms with Gasteiger partial charge < -0.3 is 15.8 Å². The lowest BCUT2D eigenvalue weighted by Gasteiger charge is -2.12. The number of carbonyl (C=O) groups excluding carboxylic acids is 1. The van der Waals surface area contributed by atoms with Crippen LogP contribution in [0.25, 0.3) is 0 Å². The number of nitrogens with one attached hydrogen (secondary N) is 1. The van der Waals surface area contributed by atoms with Crippen molar-refractivity contribution in [2.24, 2.45) is 0 Å². The fourth-order valence-electron chi connectivity index (χ4n) is 1.89. The fraction of sp³-hybridized carbons (Fsp3) is 0.200. The van der Waals surface area contributed by atoms with Crippen molar-refractivity contribution >= 4 is 17.3 Å². The quantitative estimate of drug-likeness (QED) is 0.659. The van der Waals surface area contributed by atoms with E-state index in [0.717, 1.165) is 11.1 Å². The summed E-state index contributed by atoms with van der Waals surface area (Å²) >= 11 is 0. The summed E-state index contributed by atoms with van der Waals surface area (Å²) in [6.45, 7) is 2.59. The number of nitrogens with two attached hydrogens (primary N) is 1. The molecule has 104 valence electrons. The lowest BCUT2D eigenvalue weighted by Crippen LogP contribution is -2.09. The van der Waals surface area contributed by atoms with E-state index in [9.17, 15) is 4.79 Å². The minimum atomic E-state index is -0.411. The Morgan fingerprint density at radius 2 is 2.20 bits per heavy atom. The average Bonchev–Trinajstić information content (AvgIpc) is 2.46. The zero-order chi connectivity index (χ0) is 14.5. The number of carbonyl (C=O) groups is 1. The number of aryl methyl sites for hydroxylation is 1. The molecule has 0 amide bonds. The molecule has 0 aliphatic carbocycles. The maximum Gasteiger partial charge on any atom is 0.340 e. The Bertz CT molecular complexity index is 626. The smallest absolute Gasteiger partial charge is 0.340 e. The first kappa shape index (κ1) is 13.9. The van der Waals surface area contributed by atoms with Crippen molar-refractivity contribution in [1.82, 2.24) is 4.98 Å². The molecule has 1 aromatic carbocycles. The summed E-state index contributed by atoms with van der Waals surface area (Å²) in [5, 5.41) is 3.23. The number of rotatable bonds is 4. The van der Waals surface area contributed by atoms with E-state index in [1.165, 1.54) is 7.11 Å². The molecule has 0 fully saturated rings. The second-order valence-electron chi connectivity index (χ2n) is 4.45. The van der Waals surface area contributed by atoms with Crippen LogP contribution in [-0.2, 0) is 11.3 Å². The third-order valence-electron chi connectivity index (χ3n) is 3.05. The SMILES string of the molecule is COC(=O)c1cc(N)ccc1NCc1ccncc1C. The molecule has 0 unspecified atom stereocenters. The van der Waals surface area contributed by atoms with E-state index >= 15 is 0 Å². The third kappa shape index (κ3) is 3.06. The van der Waals surface area contributed by atoms with Crippen LogP contribution < -0.4 is 11.1 Å². The molecular formula is C15H17N3O2. The van der Waals surface area contributed by atoms with Crippen LogP contribution in [0.1, 0.15) is 21.5 Å². The van der Waals surface area contributed by atoms with E-state index in [1.54, 1.807) is 30.6 Å². The highest BCUT2D eigenvalue weighted by atomic mass is 16.5. The molecule has 1 aromatic heterocycles. The highest BCUT2D eigenvalue weighted by Gasteiger charge is 2.12. The van der Waals surface area contributed by atoms with Crippen molar-refractivity contribution in [3.63, 3.8) is 0 Å². The number of methoxy groups -OCH3 is 1. The van der Waals surface area contributed by atoms with Crippen molar-refractivity contribution in [2.75, 3.05) is 18.2 Å². The molecule has 0 saturated carbocycles. The van der Waals surface area contributed by atoms with Crippen LogP contribution in [0.2, 0.25) is 0 Å². The number of nitrogen functional groups attached to an aromatic ring is 1. The fourth-order valence-corrected chi connectivity index (χ4v) is 1.89. The summed E-state index contributed by atoms with van der Waals surface area (Å²) < 4.78 is 4.76. The molecule has 5 heteroatoms. The van der Waals surface area contributed by atoms with Crippen molar-refractivity contribution in [2.45, 2.75) is 13.5 Å². The molecule has 3 N–H and O–H groups in total. The van der Waals surface area contributed by atoms with Crippen molar-refractivity contribution in [3.05, 3.63) is 53.3 Å². The Labute approximate surface area is 117 Å². The van der Waals surface area contributed by atoms with Gasteiger partial charge in [-0.2, -0.15) is 0 Å². The Hall–Kier alpha value is -2.56. The molecule has 0 bridgehead atoms. The third-order valence-corrected chi connectivity index (χ3v) is 3.05. The van der Waals surface area contributed by atoms with E-state index in [1.807, 2.05) is 13.0 Å². The molecule has 0 atom stereocenters. The van der Waals surface area contributed by atoms with Crippen LogP contribution in [0.15, 0.2) is 36.7 Å². The van der Waals surface area contributed by atoms with Gasteiger partial charge in [0.2, 0.25) is 0 Å². The Morgan fingerprint density at radius 1 is 1.40 bits per heavy atom. The van der Waals surface area contributed by atoms with Gasteiger partial charge in [-0.05, 0) is 42.3 Å². The first-order valence-electron chi connectivity index (χ1n) is 6.23. The van der Waals surface area contributed by atoms with Gasteiger partial charge in [0.15, 0.2) is 0 Å². The van der Waals surface area contributed by atoms with Crippen LogP contribution in [0, 0.1) is 6.92 Å². The molecule has 0 radical (unpaired) electrons. The lowest BCUT2D eigenvalue weighted by atomic mass is 10.1.